The molecule has 132 valence electrons. The largest absolute Gasteiger partial charge is 0.343 e. The molecule has 2 amide bonds. The number of carbonyl (C=O) groups excluding carboxylic acids is 2. The summed E-state index contributed by atoms with van der Waals surface area (Å²) in [5.74, 6) is 0.130. The topological polar surface area (TPSA) is 140 Å². The number of nitrogens with two attached hydrogens (primary N) is 2. The molecule has 2 aliphatic rings. The van der Waals surface area contributed by atoms with Crippen LogP contribution in [0.3, 0.4) is 0 Å². The van der Waals surface area contributed by atoms with Crippen LogP contribution in [0.1, 0.15) is 39.5 Å². The predicted molar refractivity (Wildman–Crippen MR) is 88.0 cm³/mol. The first-order chi connectivity index (χ1) is 11.1. The third-order valence-corrected chi connectivity index (χ3v) is 4.65. The number of rotatable bonds is 0. The Kier molecular flexibility index (Phi) is 6.70. The number of hydrogen-bond donors (Lipinski definition) is 2. The van der Waals surface area contributed by atoms with E-state index in [1.807, 2.05) is 0 Å². The number of likely N-dealkylation sites (tertiary alicyclic amines) is 2. The fourth-order valence-electron chi connectivity index (χ4n) is 2.66. The Morgan fingerprint density at radius 2 is 1.04 bits per heavy atom. The Morgan fingerprint density at radius 1 is 0.792 bits per heavy atom. The summed E-state index contributed by atoms with van der Waals surface area (Å²) in [5, 5.41) is 17.4. The molecule has 2 saturated heterocycles. The summed E-state index contributed by atoms with van der Waals surface area (Å²) in [6.45, 7) is 5.52. The van der Waals surface area contributed by atoms with Crippen LogP contribution in [0, 0.1) is 22.7 Å². The third-order valence-electron chi connectivity index (χ3n) is 4.65. The maximum absolute atomic E-state index is 10.9. The average Bonchev–Trinajstić information content (AvgIpc) is 2.56. The van der Waals surface area contributed by atoms with E-state index in [0.29, 0.717) is 51.9 Å². The minimum absolute atomic E-state index is 0.0648. The Hall–Kier alpha value is -2.16. The summed E-state index contributed by atoms with van der Waals surface area (Å²) in [6, 6.07) is 4.16. The van der Waals surface area contributed by atoms with E-state index in [2.05, 4.69) is 12.1 Å². The molecule has 2 rings (SSSR count). The van der Waals surface area contributed by atoms with Gasteiger partial charge in [0.05, 0.1) is 12.1 Å². The molecule has 2 heterocycles. The Bertz CT molecular complexity index is 496. The molecule has 0 atom stereocenters. The van der Waals surface area contributed by atoms with Crippen molar-refractivity contribution in [1.29, 1.82) is 10.5 Å². The molecular weight excluding hydrogens is 308 g/mol. The highest BCUT2D eigenvalue weighted by Gasteiger charge is 2.32. The van der Waals surface area contributed by atoms with E-state index in [-0.39, 0.29) is 11.8 Å². The minimum Gasteiger partial charge on any atom is -0.343 e. The second-order valence-electron chi connectivity index (χ2n) is 6.55. The molecule has 0 aromatic rings. The van der Waals surface area contributed by atoms with Crippen LogP contribution in [0.2, 0.25) is 0 Å². The SMILES string of the molecule is CC(=O)N1CCC(N)(C#N)CC1.CC(=O)N1CCC(N)(C#N)CC1. The van der Waals surface area contributed by atoms with E-state index < -0.39 is 11.1 Å². The van der Waals surface area contributed by atoms with E-state index in [1.54, 1.807) is 9.80 Å². The van der Waals surface area contributed by atoms with Gasteiger partial charge < -0.3 is 21.3 Å². The van der Waals surface area contributed by atoms with E-state index in [9.17, 15) is 9.59 Å². The van der Waals surface area contributed by atoms with Gasteiger partial charge in [0, 0.05) is 40.0 Å². The van der Waals surface area contributed by atoms with Gasteiger partial charge in [-0.2, -0.15) is 10.5 Å². The van der Waals surface area contributed by atoms with Crippen molar-refractivity contribution >= 4 is 11.8 Å². The quantitative estimate of drug-likeness (QED) is 0.623. The number of nitriles is 2. The molecule has 8 nitrogen and oxygen atoms in total. The summed E-state index contributed by atoms with van der Waals surface area (Å²) in [4.78, 5) is 25.3. The number of hydrogen-bond acceptors (Lipinski definition) is 6. The van der Waals surface area contributed by atoms with Gasteiger partial charge in [-0.05, 0) is 25.7 Å². The van der Waals surface area contributed by atoms with Crippen LogP contribution in [0.5, 0.6) is 0 Å². The molecule has 0 aromatic carbocycles. The maximum atomic E-state index is 10.9. The van der Waals surface area contributed by atoms with Crippen molar-refractivity contribution in [3.63, 3.8) is 0 Å². The zero-order valence-corrected chi connectivity index (χ0v) is 14.4. The number of carbonyl (C=O) groups is 2. The lowest BCUT2D eigenvalue weighted by atomic mass is 9.90. The second kappa shape index (κ2) is 8.09. The van der Waals surface area contributed by atoms with E-state index >= 15 is 0 Å². The van der Waals surface area contributed by atoms with Crippen molar-refractivity contribution in [2.75, 3.05) is 26.2 Å². The molecular formula is C16H26N6O2. The van der Waals surface area contributed by atoms with Crippen molar-refractivity contribution < 1.29 is 9.59 Å². The van der Waals surface area contributed by atoms with Gasteiger partial charge >= 0.3 is 0 Å². The average molecular weight is 334 g/mol. The Labute approximate surface area is 143 Å². The molecule has 2 aliphatic heterocycles. The van der Waals surface area contributed by atoms with Gasteiger partial charge in [0.2, 0.25) is 11.8 Å². The zero-order chi connectivity index (χ0) is 18.4. The minimum atomic E-state index is -0.702. The second-order valence-corrected chi connectivity index (χ2v) is 6.55. The van der Waals surface area contributed by atoms with Crippen LogP contribution >= 0.6 is 0 Å². The monoisotopic (exact) mass is 334 g/mol. The van der Waals surface area contributed by atoms with Crippen LogP contribution < -0.4 is 11.5 Å². The number of amides is 2. The van der Waals surface area contributed by atoms with E-state index in [1.165, 1.54) is 13.8 Å². The summed E-state index contributed by atoms with van der Waals surface area (Å²) >= 11 is 0. The van der Waals surface area contributed by atoms with Crippen LogP contribution in [-0.2, 0) is 9.59 Å². The highest BCUT2D eigenvalue weighted by molar-refractivity contribution is 5.73. The summed E-state index contributed by atoms with van der Waals surface area (Å²) in [7, 11) is 0. The van der Waals surface area contributed by atoms with Gasteiger partial charge in [0.25, 0.3) is 0 Å². The number of nitrogens with zero attached hydrogens (tertiary/aromatic N) is 4. The Balaban J connectivity index is 0.000000240. The van der Waals surface area contributed by atoms with Crippen LogP contribution in [0.4, 0.5) is 0 Å². The first-order valence-corrected chi connectivity index (χ1v) is 8.06. The highest BCUT2D eigenvalue weighted by Crippen LogP contribution is 2.19. The highest BCUT2D eigenvalue weighted by atomic mass is 16.2. The molecule has 0 radical (unpaired) electrons. The first kappa shape index (κ1) is 19.9. The van der Waals surface area contributed by atoms with Crippen molar-refractivity contribution in [1.82, 2.24) is 9.80 Å². The van der Waals surface area contributed by atoms with Crippen LogP contribution in [-0.4, -0.2) is 58.9 Å². The van der Waals surface area contributed by atoms with Gasteiger partial charge in [0.15, 0.2) is 0 Å². The van der Waals surface area contributed by atoms with E-state index in [4.69, 9.17) is 22.0 Å². The van der Waals surface area contributed by atoms with Gasteiger partial charge in [0.1, 0.15) is 11.1 Å². The molecule has 0 unspecified atom stereocenters. The third kappa shape index (κ3) is 5.48. The molecule has 4 N–H and O–H groups in total. The summed E-state index contributed by atoms with van der Waals surface area (Å²) in [6.07, 6.45) is 2.35. The zero-order valence-electron chi connectivity index (χ0n) is 14.4. The maximum Gasteiger partial charge on any atom is 0.219 e. The van der Waals surface area contributed by atoms with Crippen LogP contribution in [0.15, 0.2) is 0 Å². The first-order valence-electron chi connectivity index (χ1n) is 8.06. The molecule has 2 fully saturated rings. The van der Waals surface area contributed by atoms with E-state index in [0.717, 1.165) is 0 Å². The lowest BCUT2D eigenvalue weighted by Gasteiger charge is -2.34. The van der Waals surface area contributed by atoms with Crippen molar-refractivity contribution in [2.45, 2.75) is 50.6 Å². The van der Waals surface area contributed by atoms with Crippen molar-refractivity contribution in [3.05, 3.63) is 0 Å². The summed E-state index contributed by atoms with van der Waals surface area (Å²) < 4.78 is 0. The fourth-order valence-corrected chi connectivity index (χ4v) is 2.66. The Morgan fingerprint density at radius 3 is 1.21 bits per heavy atom. The molecule has 0 spiro atoms. The van der Waals surface area contributed by atoms with Crippen molar-refractivity contribution in [3.8, 4) is 12.1 Å². The standard InChI is InChI=1S/2C8H13N3O/c2*1-7(12)11-4-2-8(10,6-9)3-5-11/h2*2-5,10H2,1H3. The molecule has 0 aliphatic carbocycles. The van der Waals surface area contributed by atoms with Gasteiger partial charge in [-0.1, -0.05) is 0 Å². The van der Waals surface area contributed by atoms with Crippen molar-refractivity contribution in [2.24, 2.45) is 11.5 Å². The molecule has 0 bridgehead atoms. The normalized spacial score (nSPS) is 21.6. The summed E-state index contributed by atoms with van der Waals surface area (Å²) in [5.41, 5.74) is 10.0. The van der Waals surface area contributed by atoms with Crippen LogP contribution in [0.25, 0.3) is 0 Å². The fraction of sp³-hybridized carbons (Fsp3) is 0.750. The predicted octanol–water partition coefficient (Wildman–Crippen LogP) is -0.300. The molecule has 8 heteroatoms. The van der Waals surface area contributed by atoms with Gasteiger partial charge in [-0.25, -0.2) is 0 Å². The molecule has 24 heavy (non-hydrogen) atoms. The smallest absolute Gasteiger partial charge is 0.219 e. The van der Waals surface area contributed by atoms with Gasteiger partial charge in [-0.3, -0.25) is 9.59 Å². The molecule has 0 aromatic heterocycles. The molecule has 0 saturated carbocycles. The number of piperidine rings is 2. The lowest BCUT2D eigenvalue weighted by molar-refractivity contribution is -0.130. The van der Waals surface area contributed by atoms with Gasteiger partial charge in [-0.15, -0.1) is 0 Å². The lowest BCUT2D eigenvalue weighted by Crippen LogP contribution is -2.50.